The average molecular weight is 449 g/mol. The molecule has 1 aromatic heterocycles. The molecule has 0 radical (unpaired) electrons. The van der Waals surface area contributed by atoms with Gasteiger partial charge in [0.05, 0.1) is 12.1 Å². The number of alkyl halides is 1. The number of carbonyl (C=O) groups excluding carboxylic acids is 1. The molecule has 0 aliphatic heterocycles. The fourth-order valence-corrected chi connectivity index (χ4v) is 8.73. The lowest BCUT2D eigenvalue weighted by atomic mass is 9.48. The van der Waals surface area contributed by atoms with E-state index >= 15 is 4.39 Å². The van der Waals surface area contributed by atoms with Crippen molar-refractivity contribution in [3.63, 3.8) is 0 Å². The second-order valence-electron chi connectivity index (χ2n) is 11.4. The number of ketones is 1. The summed E-state index contributed by atoms with van der Waals surface area (Å²) in [5.74, 6) is 2.27. The van der Waals surface area contributed by atoms with E-state index in [-0.39, 0.29) is 17.3 Å². The van der Waals surface area contributed by atoms with Crippen LogP contribution in [0, 0.1) is 40.9 Å². The van der Waals surface area contributed by atoms with E-state index in [1.54, 1.807) is 16.4 Å². The van der Waals surface area contributed by atoms with Gasteiger partial charge in [0.15, 0.2) is 5.78 Å². The lowest BCUT2D eigenvalue weighted by Gasteiger charge is -2.57. The maximum absolute atomic E-state index is 15.4. The van der Waals surface area contributed by atoms with Crippen molar-refractivity contribution in [2.75, 3.05) is 6.26 Å². The number of fused-ring (bicyclic) bond motifs is 5. The van der Waals surface area contributed by atoms with E-state index in [2.05, 4.69) is 12.0 Å². The quantitative estimate of drug-likeness (QED) is 0.648. The fourth-order valence-electron chi connectivity index (χ4n) is 8.34. The van der Waals surface area contributed by atoms with Crippen molar-refractivity contribution >= 4 is 17.5 Å². The van der Waals surface area contributed by atoms with E-state index in [4.69, 9.17) is 0 Å². The minimum absolute atomic E-state index is 0.000452. The van der Waals surface area contributed by atoms with Crippen LogP contribution in [0.4, 0.5) is 4.39 Å². The molecular weight excluding hydrogens is 411 g/mol. The number of halogens is 1. The molecule has 0 bridgehead atoms. The summed E-state index contributed by atoms with van der Waals surface area (Å²) >= 11 is 1.59. The highest BCUT2D eigenvalue weighted by atomic mass is 32.2. The third-order valence-corrected chi connectivity index (χ3v) is 10.4. The van der Waals surface area contributed by atoms with Crippen molar-refractivity contribution in [2.45, 2.75) is 88.6 Å². The maximum Gasteiger partial charge on any atom is 0.157 e. The predicted molar refractivity (Wildman–Crippen MR) is 121 cm³/mol. The second kappa shape index (κ2) is 7.86. The lowest BCUT2D eigenvalue weighted by Crippen LogP contribution is -2.54. The Bertz CT molecular complexity index is 841. The molecule has 0 unspecified atom stereocenters. The summed E-state index contributed by atoms with van der Waals surface area (Å²) in [6.45, 7) is 4.56. The van der Waals surface area contributed by atoms with Gasteiger partial charge in [0.25, 0.3) is 0 Å². The lowest BCUT2D eigenvalue weighted by molar-refractivity contribution is -0.139. The van der Waals surface area contributed by atoms with E-state index < -0.39 is 11.8 Å². The average Bonchev–Trinajstić information content (AvgIpc) is 3.31. The summed E-state index contributed by atoms with van der Waals surface area (Å²) in [6, 6.07) is 1.96. The van der Waals surface area contributed by atoms with Crippen LogP contribution >= 0.6 is 11.8 Å². The number of rotatable bonds is 4. The monoisotopic (exact) mass is 448 g/mol. The van der Waals surface area contributed by atoms with Crippen LogP contribution in [0.1, 0.15) is 65.2 Å². The van der Waals surface area contributed by atoms with E-state index in [1.807, 2.05) is 25.4 Å². The van der Waals surface area contributed by atoms with Gasteiger partial charge in [-0.25, -0.2) is 4.39 Å². The Balaban J connectivity index is 1.32. The van der Waals surface area contributed by atoms with Crippen LogP contribution in [0.3, 0.4) is 0 Å². The number of thioether (sulfide) groups is 1. The van der Waals surface area contributed by atoms with Gasteiger partial charge in [-0.05, 0) is 106 Å². The highest BCUT2D eigenvalue weighted by Crippen LogP contribution is 2.65. The first-order valence-electron chi connectivity index (χ1n) is 12.2. The van der Waals surface area contributed by atoms with E-state index in [0.717, 1.165) is 43.6 Å². The van der Waals surface area contributed by atoms with Crippen molar-refractivity contribution in [3.8, 4) is 0 Å². The first-order chi connectivity index (χ1) is 14.7. The van der Waals surface area contributed by atoms with Gasteiger partial charge in [0, 0.05) is 12.1 Å². The van der Waals surface area contributed by atoms with Gasteiger partial charge >= 0.3 is 0 Å². The normalized spacial score (nSPS) is 46.8. The summed E-state index contributed by atoms with van der Waals surface area (Å²) in [6.07, 6.45) is 10.3. The summed E-state index contributed by atoms with van der Waals surface area (Å²) in [5.41, 5.74) is -0.699. The molecule has 4 fully saturated rings. The maximum atomic E-state index is 15.4. The zero-order valence-corrected chi connectivity index (χ0v) is 19.9. The standard InChI is InChI=1S/C25H37FN2O2S/c1-24(30)9-6-16-15-7-10-25(2)19(17(15)12-21(26)18(16)13-24)4-5-20(25)22(29)14-28-11-8-23(27-28)31-3/h8,11,15-21,30H,4-7,9-10,12-14H2,1-3H3/t15-,16-,17-,18+,19+,20-,21-,24-,25+/m1/s1. The number of carbonyl (C=O) groups is 1. The van der Waals surface area contributed by atoms with Gasteiger partial charge < -0.3 is 5.11 Å². The Morgan fingerprint density at radius 2 is 1.94 bits per heavy atom. The summed E-state index contributed by atoms with van der Waals surface area (Å²) in [5, 5.41) is 16.0. The second-order valence-corrected chi connectivity index (χ2v) is 12.3. The number of hydrogen-bond acceptors (Lipinski definition) is 4. The van der Waals surface area contributed by atoms with E-state index in [9.17, 15) is 9.90 Å². The molecule has 172 valence electrons. The summed E-state index contributed by atoms with van der Waals surface area (Å²) in [4.78, 5) is 13.3. The van der Waals surface area contributed by atoms with E-state index in [0.29, 0.717) is 48.8 Å². The number of aliphatic hydroxyl groups is 1. The molecule has 0 amide bonds. The minimum atomic E-state index is -0.802. The molecular formula is C25H37FN2O2S. The molecule has 4 nitrogen and oxygen atoms in total. The molecule has 0 spiro atoms. The van der Waals surface area contributed by atoms with Crippen molar-refractivity contribution in [3.05, 3.63) is 12.3 Å². The molecule has 4 saturated carbocycles. The SMILES string of the molecule is CSc1ccn(CC(=O)[C@H]2CC[C@H]3[C@@H]4C[C@@H](F)[C@H]5C[C@](C)(O)CC[C@@H]5[C@H]4CC[C@]23C)n1. The topological polar surface area (TPSA) is 55.1 Å². The molecule has 31 heavy (non-hydrogen) atoms. The molecule has 0 aromatic carbocycles. The van der Waals surface area contributed by atoms with Gasteiger partial charge in [-0.2, -0.15) is 5.10 Å². The third-order valence-electron chi connectivity index (χ3n) is 9.78. The van der Waals surface area contributed by atoms with Crippen molar-refractivity contribution in [1.29, 1.82) is 0 Å². The molecule has 9 atom stereocenters. The Morgan fingerprint density at radius 1 is 1.19 bits per heavy atom. The Hall–Kier alpha value is -0.880. The highest BCUT2D eigenvalue weighted by molar-refractivity contribution is 7.98. The highest BCUT2D eigenvalue weighted by Gasteiger charge is 2.60. The van der Waals surface area contributed by atoms with Crippen molar-refractivity contribution in [2.24, 2.45) is 40.9 Å². The van der Waals surface area contributed by atoms with Crippen LogP contribution in [0.2, 0.25) is 0 Å². The molecule has 4 aliphatic rings. The number of nitrogens with zero attached hydrogens (tertiary/aromatic N) is 2. The van der Waals surface area contributed by atoms with Gasteiger partial charge in [-0.15, -0.1) is 11.8 Å². The minimum Gasteiger partial charge on any atom is -0.390 e. The summed E-state index contributed by atoms with van der Waals surface area (Å²) in [7, 11) is 0. The van der Waals surface area contributed by atoms with Gasteiger partial charge in [-0.1, -0.05) is 6.92 Å². The van der Waals surface area contributed by atoms with Gasteiger partial charge in [0.2, 0.25) is 0 Å². The number of aromatic nitrogens is 2. The van der Waals surface area contributed by atoms with Crippen LogP contribution in [0.15, 0.2) is 17.3 Å². The van der Waals surface area contributed by atoms with Gasteiger partial charge in [-0.3, -0.25) is 9.48 Å². The molecule has 0 saturated heterocycles. The first-order valence-corrected chi connectivity index (χ1v) is 13.4. The molecule has 1 aromatic rings. The smallest absolute Gasteiger partial charge is 0.157 e. The molecule has 6 heteroatoms. The molecule has 5 rings (SSSR count). The fraction of sp³-hybridized carbons (Fsp3) is 0.840. The van der Waals surface area contributed by atoms with Crippen molar-refractivity contribution in [1.82, 2.24) is 9.78 Å². The molecule has 1 N–H and O–H groups in total. The van der Waals surface area contributed by atoms with Crippen LogP contribution in [-0.4, -0.2) is 38.7 Å². The third kappa shape index (κ3) is 3.70. The number of Topliss-reactive ketones (excluding diaryl/α,β-unsaturated/α-hetero) is 1. The molecule has 1 heterocycles. The zero-order chi connectivity index (χ0) is 22.0. The Labute approximate surface area is 189 Å². The number of hydrogen-bond donors (Lipinski definition) is 1. The first kappa shape index (κ1) is 21.9. The van der Waals surface area contributed by atoms with Gasteiger partial charge in [0.1, 0.15) is 11.2 Å². The summed E-state index contributed by atoms with van der Waals surface area (Å²) < 4.78 is 17.2. The molecule has 4 aliphatic carbocycles. The van der Waals surface area contributed by atoms with Crippen LogP contribution < -0.4 is 0 Å². The predicted octanol–water partition coefficient (Wildman–Crippen LogP) is 5.14. The van der Waals surface area contributed by atoms with Crippen molar-refractivity contribution < 1.29 is 14.3 Å². The Morgan fingerprint density at radius 3 is 2.68 bits per heavy atom. The Kier molecular flexibility index (Phi) is 5.56. The van der Waals surface area contributed by atoms with E-state index in [1.165, 1.54) is 0 Å². The van der Waals surface area contributed by atoms with Crippen LogP contribution in [0.25, 0.3) is 0 Å². The largest absolute Gasteiger partial charge is 0.390 e. The van der Waals surface area contributed by atoms with Crippen LogP contribution in [0.5, 0.6) is 0 Å². The zero-order valence-electron chi connectivity index (χ0n) is 19.1. The van der Waals surface area contributed by atoms with Crippen LogP contribution in [-0.2, 0) is 11.3 Å².